The van der Waals surface area contributed by atoms with E-state index in [0.717, 1.165) is 6.07 Å². The Labute approximate surface area is 108 Å². The minimum Gasteiger partial charge on any atom is -0.198 e. The fourth-order valence-corrected chi connectivity index (χ4v) is 1.90. The molecule has 1 nitrogen and oxygen atoms in total. The van der Waals surface area contributed by atoms with E-state index in [1.165, 1.54) is 6.07 Å². The van der Waals surface area contributed by atoms with Crippen molar-refractivity contribution in [2.24, 2.45) is 0 Å². The minimum absolute atomic E-state index is 0.0296. The molecule has 0 N–H and O–H groups in total. The first-order valence-corrected chi connectivity index (χ1v) is 5.65. The van der Waals surface area contributed by atoms with Crippen LogP contribution in [0.3, 0.4) is 0 Å². The third-order valence-corrected chi connectivity index (χ3v) is 2.76. The zero-order valence-electron chi connectivity index (χ0n) is 9.91. The van der Waals surface area contributed by atoms with Gasteiger partial charge in [0.05, 0.1) is 18.1 Å². The molecule has 2 aromatic rings. The van der Waals surface area contributed by atoms with Crippen LogP contribution in [0.1, 0.15) is 11.1 Å². The third kappa shape index (κ3) is 2.94. The molecule has 0 amide bonds. The quantitative estimate of drug-likeness (QED) is 0.784. The van der Waals surface area contributed by atoms with Crippen LogP contribution in [0.2, 0.25) is 0 Å². The molecule has 0 radical (unpaired) electrons. The van der Waals surface area contributed by atoms with Crippen LogP contribution in [0.4, 0.5) is 13.2 Å². The number of nitrogens with zero attached hydrogens (tertiary/aromatic N) is 1. The lowest BCUT2D eigenvalue weighted by molar-refractivity contribution is -0.137. The van der Waals surface area contributed by atoms with Gasteiger partial charge in [-0.15, -0.1) is 0 Å². The topological polar surface area (TPSA) is 23.8 Å². The van der Waals surface area contributed by atoms with Gasteiger partial charge in [0, 0.05) is 0 Å². The van der Waals surface area contributed by atoms with E-state index >= 15 is 0 Å². The summed E-state index contributed by atoms with van der Waals surface area (Å²) in [7, 11) is 0. The van der Waals surface area contributed by atoms with Gasteiger partial charge in [0.25, 0.3) is 0 Å². The zero-order valence-corrected chi connectivity index (χ0v) is 9.91. The van der Waals surface area contributed by atoms with Gasteiger partial charge in [-0.25, -0.2) is 0 Å². The number of rotatable bonds is 2. The number of benzene rings is 2. The highest BCUT2D eigenvalue weighted by atomic mass is 19.4. The van der Waals surface area contributed by atoms with Crippen LogP contribution in [0, 0.1) is 11.3 Å². The number of hydrogen-bond acceptors (Lipinski definition) is 1. The fourth-order valence-electron chi connectivity index (χ4n) is 1.90. The fraction of sp³-hybridized carbons (Fsp3) is 0.133. The van der Waals surface area contributed by atoms with Gasteiger partial charge in [0.1, 0.15) is 0 Å². The first-order chi connectivity index (χ1) is 9.02. The van der Waals surface area contributed by atoms with Crippen molar-refractivity contribution >= 4 is 0 Å². The van der Waals surface area contributed by atoms with E-state index in [4.69, 9.17) is 5.26 Å². The molecule has 0 atom stereocenters. The summed E-state index contributed by atoms with van der Waals surface area (Å²) in [6.07, 6.45) is -4.46. The Morgan fingerprint density at radius 1 is 1.00 bits per heavy atom. The predicted octanol–water partition coefficient (Wildman–Crippen LogP) is 4.44. The highest BCUT2D eigenvalue weighted by molar-refractivity contribution is 5.68. The van der Waals surface area contributed by atoms with Crippen molar-refractivity contribution in [2.45, 2.75) is 12.6 Å². The summed E-state index contributed by atoms with van der Waals surface area (Å²) < 4.78 is 39.2. The second-order valence-corrected chi connectivity index (χ2v) is 4.08. The maximum absolute atomic E-state index is 13.1. The van der Waals surface area contributed by atoms with Crippen molar-refractivity contribution in [1.29, 1.82) is 5.26 Å². The molecule has 2 aromatic carbocycles. The maximum atomic E-state index is 13.1. The largest absolute Gasteiger partial charge is 0.417 e. The van der Waals surface area contributed by atoms with Crippen molar-refractivity contribution in [3.63, 3.8) is 0 Å². The van der Waals surface area contributed by atoms with Crippen molar-refractivity contribution < 1.29 is 13.2 Å². The summed E-state index contributed by atoms with van der Waals surface area (Å²) in [5.41, 5.74) is 0.314. The number of hydrogen-bond donors (Lipinski definition) is 0. The minimum atomic E-state index is -4.43. The van der Waals surface area contributed by atoms with E-state index in [1.807, 2.05) is 6.07 Å². The van der Waals surface area contributed by atoms with E-state index in [9.17, 15) is 13.2 Å². The molecule has 0 spiro atoms. The van der Waals surface area contributed by atoms with Crippen LogP contribution in [-0.2, 0) is 12.6 Å². The molecule has 0 fully saturated rings. The summed E-state index contributed by atoms with van der Waals surface area (Å²) >= 11 is 0. The van der Waals surface area contributed by atoms with E-state index in [2.05, 4.69) is 0 Å². The molecule has 2 rings (SSSR count). The monoisotopic (exact) mass is 261 g/mol. The SMILES string of the molecule is N#CCc1ccc(-c2ccccc2)c(C(F)(F)F)c1. The van der Waals surface area contributed by atoms with Gasteiger partial charge < -0.3 is 0 Å². The highest BCUT2D eigenvalue weighted by Crippen LogP contribution is 2.37. The summed E-state index contributed by atoms with van der Waals surface area (Å²) in [4.78, 5) is 0. The molecule has 4 heteroatoms. The molecule has 0 bridgehead atoms. The van der Waals surface area contributed by atoms with E-state index in [1.54, 1.807) is 36.4 Å². The van der Waals surface area contributed by atoms with Crippen LogP contribution >= 0.6 is 0 Å². The Bertz CT molecular complexity index is 610. The Morgan fingerprint density at radius 2 is 1.68 bits per heavy atom. The second kappa shape index (κ2) is 5.15. The van der Waals surface area contributed by atoms with Gasteiger partial charge in [0.2, 0.25) is 0 Å². The average Bonchev–Trinajstić information content (AvgIpc) is 2.39. The summed E-state index contributed by atoms with van der Waals surface area (Å²) in [6, 6.07) is 14.3. The first-order valence-electron chi connectivity index (χ1n) is 5.65. The smallest absolute Gasteiger partial charge is 0.198 e. The van der Waals surface area contributed by atoms with Crippen molar-refractivity contribution in [3.05, 3.63) is 59.7 Å². The molecule has 96 valence electrons. The number of halogens is 3. The molecule has 0 saturated heterocycles. The van der Waals surface area contributed by atoms with Crippen LogP contribution in [0.15, 0.2) is 48.5 Å². The van der Waals surface area contributed by atoms with Crippen LogP contribution in [0.5, 0.6) is 0 Å². The number of nitriles is 1. The van der Waals surface area contributed by atoms with Gasteiger partial charge in [-0.2, -0.15) is 18.4 Å². The van der Waals surface area contributed by atoms with E-state index in [-0.39, 0.29) is 12.0 Å². The van der Waals surface area contributed by atoms with Crippen molar-refractivity contribution in [1.82, 2.24) is 0 Å². The summed E-state index contributed by atoms with van der Waals surface area (Å²) in [5.74, 6) is 0. The van der Waals surface area contributed by atoms with E-state index < -0.39 is 11.7 Å². The second-order valence-electron chi connectivity index (χ2n) is 4.08. The van der Waals surface area contributed by atoms with Gasteiger partial charge >= 0.3 is 6.18 Å². The lowest BCUT2D eigenvalue weighted by Gasteiger charge is -2.14. The molecule has 0 heterocycles. The lowest BCUT2D eigenvalue weighted by atomic mass is 9.96. The van der Waals surface area contributed by atoms with Crippen molar-refractivity contribution in [3.8, 4) is 17.2 Å². The zero-order chi connectivity index (χ0) is 13.9. The first kappa shape index (κ1) is 13.2. The average molecular weight is 261 g/mol. The molecule has 0 aliphatic rings. The van der Waals surface area contributed by atoms with E-state index in [0.29, 0.717) is 11.1 Å². The van der Waals surface area contributed by atoms with Gasteiger partial charge in [0.15, 0.2) is 0 Å². The van der Waals surface area contributed by atoms with Crippen LogP contribution in [-0.4, -0.2) is 0 Å². The Balaban J connectivity index is 2.59. The summed E-state index contributed by atoms with van der Waals surface area (Å²) in [6.45, 7) is 0. The molecule has 0 aliphatic carbocycles. The Kier molecular flexibility index (Phi) is 3.57. The molecule has 0 aliphatic heterocycles. The molecule has 0 saturated carbocycles. The van der Waals surface area contributed by atoms with Gasteiger partial charge in [-0.1, -0.05) is 42.5 Å². The predicted molar refractivity (Wildman–Crippen MR) is 66.2 cm³/mol. The molecule has 0 unspecified atom stereocenters. The normalized spacial score (nSPS) is 11.1. The molecule has 19 heavy (non-hydrogen) atoms. The van der Waals surface area contributed by atoms with Crippen LogP contribution < -0.4 is 0 Å². The maximum Gasteiger partial charge on any atom is 0.417 e. The number of alkyl halides is 3. The Hall–Kier alpha value is -2.28. The third-order valence-electron chi connectivity index (χ3n) is 2.76. The van der Waals surface area contributed by atoms with Gasteiger partial charge in [-0.3, -0.25) is 0 Å². The lowest BCUT2D eigenvalue weighted by Crippen LogP contribution is -2.08. The molecular weight excluding hydrogens is 251 g/mol. The Morgan fingerprint density at radius 3 is 2.26 bits per heavy atom. The standard InChI is InChI=1S/C15H10F3N/c16-15(17,18)14-10-11(8-9-19)6-7-13(14)12-4-2-1-3-5-12/h1-7,10H,8H2. The summed E-state index contributed by atoms with van der Waals surface area (Å²) in [5, 5.41) is 8.57. The van der Waals surface area contributed by atoms with Crippen molar-refractivity contribution in [2.75, 3.05) is 0 Å². The van der Waals surface area contributed by atoms with Gasteiger partial charge in [-0.05, 0) is 22.8 Å². The highest BCUT2D eigenvalue weighted by Gasteiger charge is 2.33. The molecule has 0 aromatic heterocycles. The van der Waals surface area contributed by atoms with Crippen LogP contribution in [0.25, 0.3) is 11.1 Å². The molecular formula is C15H10F3N.